The molecule has 0 aliphatic rings. The van der Waals surface area contributed by atoms with Gasteiger partial charge in [0, 0.05) is 42.1 Å². The highest BCUT2D eigenvalue weighted by Crippen LogP contribution is 2.19. The van der Waals surface area contributed by atoms with E-state index in [4.69, 9.17) is 9.26 Å². The van der Waals surface area contributed by atoms with Gasteiger partial charge >= 0.3 is 0 Å². The third-order valence-electron chi connectivity index (χ3n) is 4.22. The summed E-state index contributed by atoms with van der Waals surface area (Å²) in [6.45, 7) is 2.23. The fraction of sp³-hybridized carbons (Fsp3) is 0.300. The number of carbonyl (C=O) groups is 2. The van der Waals surface area contributed by atoms with Crippen LogP contribution in [0.4, 0.5) is 5.69 Å². The molecule has 8 nitrogen and oxygen atoms in total. The van der Waals surface area contributed by atoms with Gasteiger partial charge in [-0.25, -0.2) is 0 Å². The third kappa shape index (κ3) is 5.64. The molecule has 2 aromatic heterocycles. The lowest BCUT2D eigenvalue weighted by Gasteiger charge is -2.20. The molecule has 2 heterocycles. The molecule has 29 heavy (non-hydrogen) atoms. The lowest BCUT2D eigenvalue weighted by atomic mass is 10.2. The highest BCUT2D eigenvalue weighted by Gasteiger charge is 2.17. The van der Waals surface area contributed by atoms with Crippen molar-refractivity contribution in [1.82, 2.24) is 15.0 Å². The van der Waals surface area contributed by atoms with Crippen LogP contribution in [0, 0.1) is 0 Å². The second kappa shape index (κ2) is 9.83. The summed E-state index contributed by atoms with van der Waals surface area (Å²) < 4.78 is 10.4. The smallest absolute Gasteiger partial charge is 0.243 e. The minimum atomic E-state index is -0.272. The van der Waals surface area contributed by atoms with Gasteiger partial charge in [0.25, 0.3) is 0 Å². The number of carbonyl (C=O) groups excluding carboxylic acids is 2. The molecule has 152 valence electrons. The molecule has 2 amide bonds. The van der Waals surface area contributed by atoms with Crippen LogP contribution in [0.15, 0.2) is 45.6 Å². The maximum atomic E-state index is 12.5. The zero-order chi connectivity index (χ0) is 20.6. The minimum Gasteiger partial charge on any atom is -0.497 e. The average Bonchev–Trinajstić information content (AvgIpc) is 3.42. The standard InChI is InChI=1S/C20H22N4O4S/c1-3-24(12-17(25)21-15-5-4-6-16(11-15)27-2)19(26)8-7-18-22-20(23-28-18)14-9-10-29-13-14/h4-6,9-11,13H,3,7-8,12H2,1-2H3,(H,21,25). The van der Waals surface area contributed by atoms with E-state index in [2.05, 4.69) is 15.5 Å². The Morgan fingerprint density at radius 2 is 2.17 bits per heavy atom. The van der Waals surface area contributed by atoms with Crippen molar-refractivity contribution in [3.8, 4) is 17.1 Å². The minimum absolute atomic E-state index is 0.0312. The van der Waals surface area contributed by atoms with E-state index in [-0.39, 0.29) is 24.8 Å². The number of likely N-dealkylation sites (N-methyl/N-ethyl adjacent to an activating group) is 1. The van der Waals surface area contributed by atoms with E-state index in [0.29, 0.717) is 36.1 Å². The summed E-state index contributed by atoms with van der Waals surface area (Å²) >= 11 is 1.55. The number of thiophene rings is 1. The topological polar surface area (TPSA) is 97.6 Å². The molecular weight excluding hydrogens is 392 g/mol. The van der Waals surface area contributed by atoms with Crippen molar-refractivity contribution in [1.29, 1.82) is 0 Å². The molecule has 0 fully saturated rings. The Kier molecular flexibility index (Phi) is 6.96. The van der Waals surface area contributed by atoms with E-state index < -0.39 is 0 Å². The SMILES string of the molecule is CCN(CC(=O)Nc1cccc(OC)c1)C(=O)CCc1nc(-c2ccsc2)no1. The maximum absolute atomic E-state index is 12.5. The average molecular weight is 414 g/mol. The van der Waals surface area contributed by atoms with Crippen LogP contribution in [0.2, 0.25) is 0 Å². The monoisotopic (exact) mass is 414 g/mol. The number of aromatic nitrogens is 2. The molecule has 3 rings (SSSR count). The van der Waals surface area contributed by atoms with E-state index in [1.54, 1.807) is 42.7 Å². The van der Waals surface area contributed by atoms with Gasteiger partial charge in [0.15, 0.2) is 0 Å². The predicted octanol–water partition coefficient (Wildman–Crippen LogP) is 3.23. The Bertz CT molecular complexity index is 955. The molecule has 0 atom stereocenters. The summed E-state index contributed by atoms with van der Waals surface area (Å²) in [5.74, 6) is 1.14. The molecular formula is C20H22N4O4S. The van der Waals surface area contributed by atoms with Gasteiger partial charge < -0.3 is 19.5 Å². The first-order chi connectivity index (χ1) is 14.1. The lowest BCUT2D eigenvalue weighted by molar-refractivity contribution is -0.134. The Labute approximate surface area is 172 Å². The maximum Gasteiger partial charge on any atom is 0.243 e. The molecule has 0 aliphatic carbocycles. The van der Waals surface area contributed by atoms with Gasteiger partial charge in [-0.3, -0.25) is 9.59 Å². The van der Waals surface area contributed by atoms with Crippen molar-refractivity contribution >= 4 is 28.8 Å². The highest BCUT2D eigenvalue weighted by molar-refractivity contribution is 7.08. The Morgan fingerprint density at radius 3 is 2.90 bits per heavy atom. The van der Waals surface area contributed by atoms with Crippen LogP contribution in [0.5, 0.6) is 5.75 Å². The van der Waals surface area contributed by atoms with Gasteiger partial charge in [-0.15, -0.1) is 0 Å². The molecule has 0 radical (unpaired) electrons. The van der Waals surface area contributed by atoms with E-state index in [1.165, 1.54) is 4.90 Å². The van der Waals surface area contributed by atoms with Crippen molar-refractivity contribution in [2.24, 2.45) is 0 Å². The summed E-state index contributed by atoms with van der Waals surface area (Å²) in [6, 6.07) is 8.96. The normalized spacial score (nSPS) is 10.6. The fourth-order valence-electron chi connectivity index (χ4n) is 2.69. The van der Waals surface area contributed by atoms with Crippen molar-refractivity contribution in [2.75, 3.05) is 25.5 Å². The number of nitrogens with one attached hydrogen (secondary N) is 1. The van der Waals surface area contributed by atoms with Gasteiger partial charge in [0.05, 0.1) is 13.7 Å². The van der Waals surface area contributed by atoms with Gasteiger partial charge in [-0.05, 0) is 30.5 Å². The number of anilines is 1. The molecule has 0 aliphatic heterocycles. The van der Waals surface area contributed by atoms with Gasteiger partial charge in [0.2, 0.25) is 23.5 Å². The molecule has 0 spiro atoms. The van der Waals surface area contributed by atoms with Crippen LogP contribution in [-0.2, 0) is 16.0 Å². The van der Waals surface area contributed by atoms with Crippen LogP contribution in [0.25, 0.3) is 11.4 Å². The number of benzene rings is 1. The number of methoxy groups -OCH3 is 1. The summed E-state index contributed by atoms with van der Waals surface area (Å²) in [5.41, 5.74) is 1.50. The van der Waals surface area contributed by atoms with Crippen LogP contribution >= 0.6 is 11.3 Å². The Balaban J connectivity index is 1.51. The largest absolute Gasteiger partial charge is 0.497 e. The van der Waals surface area contributed by atoms with Crippen molar-refractivity contribution in [3.63, 3.8) is 0 Å². The Morgan fingerprint density at radius 1 is 1.31 bits per heavy atom. The Hall–Kier alpha value is -3.20. The molecule has 9 heteroatoms. The van der Waals surface area contributed by atoms with Gasteiger partial charge in [-0.1, -0.05) is 11.2 Å². The molecule has 3 aromatic rings. The van der Waals surface area contributed by atoms with E-state index in [0.717, 1.165) is 5.56 Å². The predicted molar refractivity (Wildman–Crippen MR) is 110 cm³/mol. The summed E-state index contributed by atoms with van der Waals surface area (Å²) in [7, 11) is 1.56. The number of rotatable bonds is 9. The quantitative estimate of drug-likeness (QED) is 0.577. The van der Waals surface area contributed by atoms with E-state index in [1.807, 2.05) is 23.8 Å². The van der Waals surface area contributed by atoms with E-state index in [9.17, 15) is 9.59 Å². The fourth-order valence-corrected chi connectivity index (χ4v) is 3.32. The van der Waals surface area contributed by atoms with Crippen LogP contribution < -0.4 is 10.1 Å². The van der Waals surface area contributed by atoms with Crippen LogP contribution in [-0.4, -0.2) is 47.1 Å². The first kappa shape index (κ1) is 20.5. The van der Waals surface area contributed by atoms with Gasteiger partial charge in [-0.2, -0.15) is 16.3 Å². The molecule has 1 aromatic carbocycles. The first-order valence-corrected chi connectivity index (χ1v) is 10.1. The number of nitrogens with zero attached hydrogens (tertiary/aromatic N) is 3. The first-order valence-electron chi connectivity index (χ1n) is 9.16. The lowest BCUT2D eigenvalue weighted by Crippen LogP contribution is -2.38. The van der Waals surface area contributed by atoms with Crippen molar-refractivity contribution in [3.05, 3.63) is 47.0 Å². The summed E-state index contributed by atoms with van der Waals surface area (Å²) in [5, 5.41) is 10.6. The highest BCUT2D eigenvalue weighted by atomic mass is 32.1. The van der Waals surface area contributed by atoms with Crippen molar-refractivity contribution in [2.45, 2.75) is 19.8 Å². The molecule has 0 unspecified atom stereocenters. The molecule has 0 bridgehead atoms. The van der Waals surface area contributed by atoms with Crippen molar-refractivity contribution < 1.29 is 18.8 Å². The molecule has 1 N–H and O–H groups in total. The van der Waals surface area contributed by atoms with Crippen LogP contribution in [0.1, 0.15) is 19.2 Å². The number of aryl methyl sites for hydroxylation is 1. The third-order valence-corrected chi connectivity index (χ3v) is 4.91. The second-order valence-electron chi connectivity index (χ2n) is 6.21. The van der Waals surface area contributed by atoms with Gasteiger partial charge in [0.1, 0.15) is 5.75 Å². The van der Waals surface area contributed by atoms with E-state index >= 15 is 0 Å². The molecule has 0 saturated carbocycles. The molecule has 0 saturated heterocycles. The zero-order valence-corrected chi connectivity index (χ0v) is 17.1. The number of amides is 2. The van der Waals surface area contributed by atoms with Crippen LogP contribution in [0.3, 0.4) is 0 Å². The summed E-state index contributed by atoms with van der Waals surface area (Å²) in [4.78, 5) is 30.6. The summed E-state index contributed by atoms with van der Waals surface area (Å²) in [6.07, 6.45) is 0.509. The zero-order valence-electron chi connectivity index (χ0n) is 16.3. The second-order valence-corrected chi connectivity index (χ2v) is 6.99. The number of hydrogen-bond donors (Lipinski definition) is 1. The number of hydrogen-bond acceptors (Lipinski definition) is 7. The number of ether oxygens (including phenoxy) is 1.